The summed E-state index contributed by atoms with van der Waals surface area (Å²) in [6.45, 7) is 6.19. The van der Waals surface area contributed by atoms with Gasteiger partial charge < -0.3 is 24.1 Å². The zero-order chi connectivity index (χ0) is 29.3. The van der Waals surface area contributed by atoms with E-state index in [1.165, 1.54) is 9.47 Å². The normalized spacial score (nSPS) is 16.8. The fourth-order valence-corrected chi connectivity index (χ4v) is 5.79. The molecule has 0 bridgehead atoms. The number of nitrogens with one attached hydrogen (secondary N) is 1. The third kappa shape index (κ3) is 6.45. The van der Waals surface area contributed by atoms with Crippen molar-refractivity contribution in [2.75, 3.05) is 19.7 Å². The lowest BCUT2D eigenvalue weighted by molar-refractivity contribution is -0.133. The lowest BCUT2D eigenvalue weighted by Gasteiger charge is -2.27. The topological polar surface area (TPSA) is 127 Å². The van der Waals surface area contributed by atoms with Gasteiger partial charge in [0.1, 0.15) is 11.6 Å². The third-order valence-corrected chi connectivity index (χ3v) is 7.96. The first-order valence-electron chi connectivity index (χ1n) is 13.4. The smallest absolute Gasteiger partial charge is 0.419 e. The number of thiophene rings is 1. The lowest BCUT2D eigenvalue weighted by atomic mass is 10.0. The minimum Gasteiger partial charge on any atom is -0.444 e. The van der Waals surface area contributed by atoms with Crippen LogP contribution in [0.1, 0.15) is 32.8 Å². The minimum atomic E-state index is -0.894. The van der Waals surface area contributed by atoms with Gasteiger partial charge in [0.05, 0.1) is 18.1 Å². The molecule has 0 aliphatic carbocycles. The van der Waals surface area contributed by atoms with E-state index >= 15 is 0 Å². The van der Waals surface area contributed by atoms with Crippen LogP contribution in [0.15, 0.2) is 51.7 Å². The van der Waals surface area contributed by atoms with Crippen LogP contribution in [0.2, 0.25) is 0 Å². The molecule has 4 aromatic rings. The highest BCUT2D eigenvalue weighted by molar-refractivity contribution is 7.22. The molecule has 2 aromatic heterocycles. The Morgan fingerprint density at radius 3 is 2.78 bits per heavy atom. The van der Waals surface area contributed by atoms with Crippen molar-refractivity contribution in [3.05, 3.63) is 58.6 Å². The number of aryl methyl sites for hydroxylation is 1. The van der Waals surface area contributed by atoms with E-state index in [2.05, 4.69) is 17.5 Å². The molecular formula is C30H32N4O6S. The molecule has 1 unspecified atom stereocenters. The van der Waals surface area contributed by atoms with Crippen LogP contribution in [0.5, 0.6) is 0 Å². The van der Waals surface area contributed by atoms with Gasteiger partial charge in [-0.15, -0.1) is 11.3 Å². The van der Waals surface area contributed by atoms with Crippen LogP contribution >= 0.6 is 11.3 Å². The summed E-state index contributed by atoms with van der Waals surface area (Å²) in [6, 6.07) is 15.1. The van der Waals surface area contributed by atoms with Crippen molar-refractivity contribution in [1.82, 2.24) is 14.8 Å². The van der Waals surface area contributed by atoms with Gasteiger partial charge in [-0.25, -0.2) is 9.59 Å². The van der Waals surface area contributed by atoms with Gasteiger partial charge in [0.15, 0.2) is 11.7 Å². The van der Waals surface area contributed by atoms with E-state index in [0.717, 1.165) is 31.6 Å². The summed E-state index contributed by atoms with van der Waals surface area (Å²) in [5.74, 6) is -0.835. The predicted molar refractivity (Wildman–Crippen MR) is 156 cm³/mol. The summed E-state index contributed by atoms with van der Waals surface area (Å²) in [5, 5.41) is 13.6. The molecule has 2 amide bonds. The number of nitriles is 1. The standard InChI is InChI=1S/C30H32N4O6S/c1-30(2,3)40-29(37)34-10-5-11-38-24(17-34)27(35)32-21(16-31)13-18-6-9-25-20(12-18)15-26(41-25)19-7-8-23-22(14-19)33(4)28(36)39-23/h6-9,12,14-15,21,24H,5,10-11,13,17H2,1-4H3,(H,32,35)/t21?,24-/m0/s1. The summed E-state index contributed by atoms with van der Waals surface area (Å²) in [7, 11) is 1.68. The summed E-state index contributed by atoms with van der Waals surface area (Å²) in [6.07, 6.45) is -0.485. The first kappa shape index (κ1) is 28.4. The number of ether oxygens (including phenoxy) is 2. The largest absolute Gasteiger partial charge is 0.444 e. The Balaban J connectivity index is 1.27. The molecule has 0 saturated carbocycles. The zero-order valence-corrected chi connectivity index (χ0v) is 24.2. The van der Waals surface area contributed by atoms with Gasteiger partial charge >= 0.3 is 11.8 Å². The Morgan fingerprint density at radius 2 is 2.02 bits per heavy atom. The zero-order valence-electron chi connectivity index (χ0n) is 23.4. The number of carbonyl (C=O) groups is 2. The Labute approximate surface area is 241 Å². The lowest BCUT2D eigenvalue weighted by Crippen LogP contribution is -2.48. The van der Waals surface area contributed by atoms with E-state index in [1.54, 1.807) is 45.2 Å². The summed E-state index contributed by atoms with van der Waals surface area (Å²) < 4.78 is 19.0. The summed E-state index contributed by atoms with van der Waals surface area (Å²) in [5.41, 5.74) is 2.50. The van der Waals surface area contributed by atoms with Crippen molar-refractivity contribution in [2.45, 2.75) is 51.4 Å². The molecule has 3 heterocycles. The number of fused-ring (bicyclic) bond motifs is 2. The number of rotatable bonds is 5. The van der Waals surface area contributed by atoms with Crippen LogP contribution in [0, 0.1) is 11.3 Å². The van der Waals surface area contributed by atoms with Crippen LogP contribution in [0.25, 0.3) is 31.6 Å². The number of hydrogen-bond donors (Lipinski definition) is 1. The first-order chi connectivity index (χ1) is 19.5. The predicted octanol–water partition coefficient (Wildman–Crippen LogP) is 4.59. The van der Waals surface area contributed by atoms with E-state index < -0.39 is 35.5 Å². The molecular weight excluding hydrogens is 544 g/mol. The van der Waals surface area contributed by atoms with Gasteiger partial charge in [-0.3, -0.25) is 9.36 Å². The summed E-state index contributed by atoms with van der Waals surface area (Å²) >= 11 is 1.63. The van der Waals surface area contributed by atoms with Gasteiger partial charge in [-0.1, -0.05) is 12.1 Å². The maximum Gasteiger partial charge on any atom is 0.419 e. The van der Waals surface area contributed by atoms with Crippen LogP contribution in [-0.2, 0) is 27.7 Å². The van der Waals surface area contributed by atoms with Crippen LogP contribution < -0.4 is 11.1 Å². The fourth-order valence-electron chi connectivity index (χ4n) is 4.75. The molecule has 0 spiro atoms. The highest BCUT2D eigenvalue weighted by Crippen LogP contribution is 2.35. The van der Waals surface area contributed by atoms with Gasteiger partial charge in [-0.2, -0.15) is 5.26 Å². The van der Waals surface area contributed by atoms with E-state index in [1.807, 2.05) is 30.3 Å². The van der Waals surface area contributed by atoms with Gasteiger partial charge in [0.25, 0.3) is 5.91 Å². The molecule has 1 fully saturated rings. The van der Waals surface area contributed by atoms with Crippen LogP contribution in [0.4, 0.5) is 4.79 Å². The molecule has 214 valence electrons. The van der Waals surface area contributed by atoms with Gasteiger partial charge in [0.2, 0.25) is 0 Å². The van der Waals surface area contributed by atoms with E-state index in [-0.39, 0.29) is 6.54 Å². The maximum atomic E-state index is 13.1. The second-order valence-corrected chi connectivity index (χ2v) is 12.2. The SMILES string of the molecule is Cn1c(=O)oc2ccc(-c3cc4cc(CC(C#N)NC(=O)[C@@H]5CN(C(=O)OC(C)(C)C)CCCO5)ccc4s3)cc21. The fraction of sp³-hybridized carbons (Fsp3) is 0.400. The van der Waals surface area contributed by atoms with Crippen molar-refractivity contribution in [2.24, 2.45) is 7.05 Å². The molecule has 11 heteroatoms. The van der Waals surface area contributed by atoms with E-state index in [4.69, 9.17) is 13.9 Å². The number of nitrogens with zero attached hydrogens (tertiary/aromatic N) is 3. The van der Waals surface area contributed by atoms with Gasteiger partial charge in [-0.05, 0) is 74.0 Å². The number of carbonyl (C=O) groups excluding carboxylic acids is 2. The molecule has 0 radical (unpaired) electrons. The number of benzene rings is 2. The monoisotopic (exact) mass is 576 g/mol. The maximum absolute atomic E-state index is 13.1. The molecule has 1 aliphatic heterocycles. The second kappa shape index (κ2) is 11.4. The average molecular weight is 577 g/mol. The Kier molecular flexibility index (Phi) is 7.89. The molecule has 41 heavy (non-hydrogen) atoms. The Morgan fingerprint density at radius 1 is 1.22 bits per heavy atom. The molecule has 1 aliphatic rings. The average Bonchev–Trinajstić information content (AvgIpc) is 3.35. The second-order valence-electron chi connectivity index (χ2n) is 11.1. The van der Waals surface area contributed by atoms with Crippen molar-refractivity contribution < 1.29 is 23.5 Å². The molecule has 2 atom stereocenters. The molecule has 5 rings (SSSR count). The number of amides is 2. The van der Waals surface area contributed by atoms with Crippen molar-refractivity contribution in [3.63, 3.8) is 0 Å². The van der Waals surface area contributed by atoms with E-state index in [9.17, 15) is 19.6 Å². The summed E-state index contributed by atoms with van der Waals surface area (Å²) in [4.78, 5) is 40.0. The highest BCUT2D eigenvalue weighted by atomic mass is 32.1. The van der Waals surface area contributed by atoms with Crippen LogP contribution in [-0.4, -0.2) is 58.9 Å². The first-order valence-corrected chi connectivity index (χ1v) is 14.2. The molecule has 2 aromatic carbocycles. The quantitative estimate of drug-likeness (QED) is 0.368. The minimum absolute atomic E-state index is 0.0569. The molecule has 10 nitrogen and oxygen atoms in total. The highest BCUT2D eigenvalue weighted by Gasteiger charge is 2.31. The van der Waals surface area contributed by atoms with Crippen molar-refractivity contribution in [3.8, 4) is 16.5 Å². The number of hydrogen-bond acceptors (Lipinski definition) is 8. The Bertz CT molecular complexity index is 1710. The Hall–Kier alpha value is -4.14. The van der Waals surface area contributed by atoms with Crippen LogP contribution in [0.3, 0.4) is 0 Å². The van der Waals surface area contributed by atoms with E-state index in [0.29, 0.717) is 31.6 Å². The molecule has 1 saturated heterocycles. The number of aromatic nitrogens is 1. The van der Waals surface area contributed by atoms with Gasteiger partial charge in [0, 0.05) is 36.2 Å². The number of oxazole rings is 1. The molecule has 1 N–H and O–H groups in total. The van der Waals surface area contributed by atoms with Crippen molar-refractivity contribution >= 4 is 44.5 Å². The third-order valence-electron chi connectivity index (χ3n) is 6.79. The van der Waals surface area contributed by atoms with Crippen molar-refractivity contribution in [1.29, 1.82) is 5.26 Å².